The Bertz CT molecular complexity index is 795. The Morgan fingerprint density at radius 1 is 0.917 bits per heavy atom. The maximum absolute atomic E-state index is 12.1. The first-order valence-electron chi connectivity index (χ1n) is 7.10. The molecule has 0 spiro atoms. The number of hydrogen-bond acceptors (Lipinski definition) is 4. The molecule has 0 radical (unpaired) electrons. The van der Waals surface area contributed by atoms with Crippen LogP contribution in [0.25, 0.3) is 0 Å². The summed E-state index contributed by atoms with van der Waals surface area (Å²) in [6, 6.07) is 11.3. The van der Waals surface area contributed by atoms with Crippen LogP contribution in [0.4, 0.5) is 0 Å². The van der Waals surface area contributed by atoms with Crippen LogP contribution < -0.4 is 0 Å². The second-order valence-electron chi connectivity index (χ2n) is 5.11. The molecule has 3 rings (SSSR count). The van der Waals surface area contributed by atoms with Crippen molar-refractivity contribution in [3.05, 3.63) is 69.2 Å². The molecule has 2 amide bonds. The molecule has 2 aromatic carbocycles. The molecule has 0 bridgehead atoms. The molecule has 2 aromatic rings. The van der Waals surface area contributed by atoms with Gasteiger partial charge in [-0.1, -0.05) is 46.5 Å². The van der Waals surface area contributed by atoms with Gasteiger partial charge in [0.05, 0.1) is 17.5 Å². The van der Waals surface area contributed by atoms with Crippen LogP contribution in [-0.4, -0.2) is 22.8 Å². The lowest BCUT2D eigenvalue weighted by Gasteiger charge is -2.13. The van der Waals surface area contributed by atoms with Crippen LogP contribution in [0.3, 0.4) is 0 Å². The van der Waals surface area contributed by atoms with Gasteiger partial charge in [0.1, 0.15) is 0 Å². The van der Waals surface area contributed by atoms with Gasteiger partial charge in [-0.2, -0.15) is 0 Å². The van der Waals surface area contributed by atoms with E-state index < -0.39 is 17.8 Å². The second-order valence-corrected chi connectivity index (χ2v) is 5.93. The predicted molar refractivity (Wildman–Crippen MR) is 87.8 cm³/mol. The first-order chi connectivity index (χ1) is 11.5. The minimum Gasteiger partial charge on any atom is -0.330 e. The van der Waals surface area contributed by atoms with E-state index in [-0.39, 0.29) is 24.0 Å². The SMILES string of the molecule is O=C(CCc1c(Cl)cccc1Cl)ON1C(=O)c2ccccc2C1=O. The molecule has 0 N–H and O–H groups in total. The van der Waals surface area contributed by atoms with E-state index in [1.54, 1.807) is 30.3 Å². The highest BCUT2D eigenvalue weighted by Crippen LogP contribution is 2.26. The lowest BCUT2D eigenvalue weighted by Crippen LogP contribution is -2.32. The van der Waals surface area contributed by atoms with Crippen LogP contribution in [0, 0.1) is 0 Å². The maximum atomic E-state index is 12.1. The predicted octanol–water partition coefficient (Wildman–Crippen LogP) is 3.68. The summed E-state index contributed by atoms with van der Waals surface area (Å²) < 4.78 is 0. The number of amides is 2. The van der Waals surface area contributed by atoms with Gasteiger partial charge in [-0.15, -0.1) is 0 Å². The van der Waals surface area contributed by atoms with Crippen molar-refractivity contribution in [1.82, 2.24) is 5.06 Å². The minimum absolute atomic E-state index is 0.0726. The lowest BCUT2D eigenvalue weighted by atomic mass is 10.1. The molecule has 0 aliphatic carbocycles. The van der Waals surface area contributed by atoms with Crippen LogP contribution in [0.1, 0.15) is 32.7 Å². The Morgan fingerprint density at radius 3 is 2.00 bits per heavy atom. The van der Waals surface area contributed by atoms with E-state index in [2.05, 4.69) is 0 Å². The molecule has 24 heavy (non-hydrogen) atoms. The van der Waals surface area contributed by atoms with Crippen molar-refractivity contribution in [2.45, 2.75) is 12.8 Å². The average Bonchev–Trinajstić information content (AvgIpc) is 2.80. The molecule has 1 aliphatic rings. The molecule has 1 heterocycles. The molecule has 0 saturated heterocycles. The Labute approximate surface area is 147 Å². The van der Waals surface area contributed by atoms with E-state index >= 15 is 0 Å². The summed E-state index contributed by atoms with van der Waals surface area (Å²) in [6.45, 7) is 0. The summed E-state index contributed by atoms with van der Waals surface area (Å²) in [4.78, 5) is 41.1. The third-order valence-electron chi connectivity index (χ3n) is 3.59. The van der Waals surface area contributed by atoms with Crippen molar-refractivity contribution in [2.75, 3.05) is 0 Å². The maximum Gasteiger partial charge on any atom is 0.333 e. The number of carbonyl (C=O) groups excluding carboxylic acids is 3. The molecule has 1 aliphatic heterocycles. The molecule has 0 aromatic heterocycles. The quantitative estimate of drug-likeness (QED) is 0.777. The van der Waals surface area contributed by atoms with Gasteiger partial charge in [-0.25, -0.2) is 4.79 Å². The zero-order valence-electron chi connectivity index (χ0n) is 12.3. The number of fused-ring (bicyclic) bond motifs is 1. The molecule has 7 heteroatoms. The Balaban J connectivity index is 1.66. The zero-order valence-corrected chi connectivity index (χ0v) is 13.8. The second kappa shape index (κ2) is 6.63. The first-order valence-corrected chi connectivity index (χ1v) is 7.86. The summed E-state index contributed by atoms with van der Waals surface area (Å²) >= 11 is 12.1. The van der Waals surface area contributed by atoms with Crippen LogP contribution >= 0.6 is 23.2 Å². The number of hydroxylamine groups is 2. The largest absolute Gasteiger partial charge is 0.333 e. The molecule has 0 fully saturated rings. The number of hydrogen-bond donors (Lipinski definition) is 0. The van der Waals surface area contributed by atoms with Crippen LogP contribution in [0.2, 0.25) is 10.0 Å². The fraction of sp³-hybridized carbons (Fsp3) is 0.118. The van der Waals surface area contributed by atoms with Gasteiger partial charge in [0.25, 0.3) is 11.8 Å². The zero-order chi connectivity index (χ0) is 17.3. The van der Waals surface area contributed by atoms with Crippen molar-refractivity contribution >= 4 is 41.0 Å². The highest BCUT2D eigenvalue weighted by atomic mass is 35.5. The summed E-state index contributed by atoms with van der Waals surface area (Å²) in [5, 5.41) is 1.37. The minimum atomic E-state index is -0.722. The van der Waals surface area contributed by atoms with Gasteiger partial charge in [0.15, 0.2) is 0 Å². The molecule has 0 saturated carbocycles. The fourth-order valence-corrected chi connectivity index (χ4v) is 2.98. The molecule has 5 nitrogen and oxygen atoms in total. The fourth-order valence-electron chi connectivity index (χ4n) is 2.40. The summed E-state index contributed by atoms with van der Waals surface area (Å²) in [7, 11) is 0. The summed E-state index contributed by atoms with van der Waals surface area (Å²) in [5.41, 5.74) is 1.04. The van der Waals surface area contributed by atoms with Gasteiger partial charge in [0.2, 0.25) is 0 Å². The Kier molecular flexibility index (Phi) is 4.55. The third-order valence-corrected chi connectivity index (χ3v) is 4.30. The van der Waals surface area contributed by atoms with E-state index in [4.69, 9.17) is 28.0 Å². The van der Waals surface area contributed by atoms with Crippen LogP contribution in [0.5, 0.6) is 0 Å². The van der Waals surface area contributed by atoms with E-state index in [1.807, 2.05) is 0 Å². The van der Waals surface area contributed by atoms with E-state index in [0.717, 1.165) is 0 Å². The molecule has 0 unspecified atom stereocenters. The molecule has 0 atom stereocenters. The van der Waals surface area contributed by atoms with Crippen LogP contribution in [-0.2, 0) is 16.1 Å². The monoisotopic (exact) mass is 363 g/mol. The molecular weight excluding hydrogens is 353 g/mol. The Hall–Kier alpha value is -2.37. The highest BCUT2D eigenvalue weighted by Gasteiger charge is 2.38. The van der Waals surface area contributed by atoms with Gasteiger partial charge in [-0.3, -0.25) is 9.59 Å². The van der Waals surface area contributed by atoms with Gasteiger partial charge < -0.3 is 4.84 Å². The smallest absolute Gasteiger partial charge is 0.330 e. The summed E-state index contributed by atoms with van der Waals surface area (Å²) in [6.07, 6.45) is 0.164. The number of rotatable bonds is 4. The van der Waals surface area contributed by atoms with Crippen molar-refractivity contribution in [2.24, 2.45) is 0 Å². The number of carbonyl (C=O) groups is 3. The van der Waals surface area contributed by atoms with Gasteiger partial charge in [-0.05, 0) is 36.2 Å². The Morgan fingerprint density at radius 2 is 1.46 bits per heavy atom. The normalized spacial score (nSPS) is 13.2. The average molecular weight is 364 g/mol. The highest BCUT2D eigenvalue weighted by molar-refractivity contribution is 6.36. The van der Waals surface area contributed by atoms with E-state index in [0.29, 0.717) is 20.7 Å². The topological polar surface area (TPSA) is 63.7 Å². The third kappa shape index (κ3) is 3.00. The standard InChI is InChI=1S/C17H11Cl2NO4/c18-13-6-3-7-14(19)12(13)8-9-15(21)24-20-16(22)10-4-1-2-5-11(10)17(20)23/h1-7H,8-9H2. The van der Waals surface area contributed by atoms with Gasteiger partial charge >= 0.3 is 5.97 Å². The molecular formula is C17H11Cl2NO4. The van der Waals surface area contributed by atoms with Crippen LogP contribution in [0.15, 0.2) is 42.5 Å². The van der Waals surface area contributed by atoms with Crippen molar-refractivity contribution in [1.29, 1.82) is 0 Å². The number of imide groups is 1. The number of halogens is 2. The summed E-state index contributed by atoms with van der Waals surface area (Å²) in [5.74, 6) is -2.03. The lowest BCUT2D eigenvalue weighted by molar-refractivity contribution is -0.168. The van der Waals surface area contributed by atoms with Crippen molar-refractivity contribution in [3.63, 3.8) is 0 Å². The first kappa shape index (κ1) is 16.5. The molecule has 122 valence electrons. The van der Waals surface area contributed by atoms with Gasteiger partial charge in [0, 0.05) is 10.0 Å². The van der Waals surface area contributed by atoms with Crippen molar-refractivity contribution < 1.29 is 19.2 Å². The van der Waals surface area contributed by atoms with Crippen molar-refractivity contribution in [3.8, 4) is 0 Å². The van der Waals surface area contributed by atoms with E-state index in [9.17, 15) is 14.4 Å². The number of benzene rings is 2. The number of nitrogens with zero attached hydrogens (tertiary/aromatic N) is 1. The van der Waals surface area contributed by atoms with E-state index in [1.165, 1.54) is 12.1 Å².